The molecule has 0 spiro atoms. The number of nitrogens with two attached hydrogens (primary N) is 1. The maximum absolute atomic E-state index is 12.6. The summed E-state index contributed by atoms with van der Waals surface area (Å²) in [7, 11) is 0. The van der Waals surface area contributed by atoms with Gasteiger partial charge in [-0.1, -0.05) is 5.92 Å². The summed E-state index contributed by atoms with van der Waals surface area (Å²) in [5, 5.41) is 12.3. The highest BCUT2D eigenvalue weighted by atomic mass is 16.4. The van der Waals surface area contributed by atoms with Crippen LogP contribution in [-0.2, 0) is 4.79 Å². The number of furan rings is 1. The second kappa shape index (κ2) is 7.07. The first kappa shape index (κ1) is 18.0. The molecule has 0 bridgehead atoms. The van der Waals surface area contributed by atoms with Crippen LogP contribution in [0, 0.1) is 11.8 Å². The molecule has 2 atom stereocenters. The highest BCUT2D eigenvalue weighted by molar-refractivity contribution is 5.96. The number of likely N-dealkylation sites (tertiary alicyclic amines) is 1. The van der Waals surface area contributed by atoms with Crippen LogP contribution in [0.3, 0.4) is 0 Å². The van der Waals surface area contributed by atoms with Gasteiger partial charge in [-0.2, -0.15) is 0 Å². The van der Waals surface area contributed by atoms with Gasteiger partial charge in [-0.3, -0.25) is 9.59 Å². The van der Waals surface area contributed by atoms with Crippen molar-refractivity contribution in [3.05, 3.63) is 23.7 Å². The van der Waals surface area contributed by atoms with Crippen molar-refractivity contribution in [3.63, 3.8) is 0 Å². The Bertz CT molecular complexity index is 678. The lowest BCUT2D eigenvalue weighted by Gasteiger charge is -2.22. The molecule has 7 nitrogen and oxygen atoms in total. The minimum absolute atomic E-state index is 0.0958. The first-order valence-electron chi connectivity index (χ1n) is 7.91. The van der Waals surface area contributed by atoms with Gasteiger partial charge >= 0.3 is 0 Å². The van der Waals surface area contributed by atoms with Gasteiger partial charge in [0.25, 0.3) is 5.91 Å². The lowest BCUT2D eigenvalue weighted by Crippen LogP contribution is -2.45. The number of carbonyl (C=O) groups excluding carboxylic acids is 2. The fraction of sp³-hybridized carbons (Fsp3) is 0.529. The molecule has 1 fully saturated rings. The topological polar surface area (TPSA) is 109 Å². The Morgan fingerprint density at radius 2 is 2.21 bits per heavy atom. The van der Waals surface area contributed by atoms with Gasteiger partial charge in [0.2, 0.25) is 5.91 Å². The quantitative estimate of drug-likeness (QED) is 0.679. The summed E-state index contributed by atoms with van der Waals surface area (Å²) < 4.78 is 5.43. The van der Waals surface area contributed by atoms with Crippen LogP contribution in [0.25, 0.3) is 0 Å². The summed E-state index contributed by atoms with van der Waals surface area (Å²) in [6.07, 6.45) is 0.420. The molecule has 2 rings (SSSR count). The Labute approximate surface area is 141 Å². The van der Waals surface area contributed by atoms with Crippen molar-refractivity contribution < 1.29 is 19.1 Å². The van der Waals surface area contributed by atoms with Gasteiger partial charge in [-0.15, -0.1) is 0 Å². The van der Waals surface area contributed by atoms with E-state index in [1.807, 2.05) is 6.92 Å². The Morgan fingerprint density at radius 3 is 2.83 bits per heavy atom. The second-order valence-electron chi connectivity index (χ2n) is 6.34. The fourth-order valence-electron chi connectivity index (χ4n) is 2.51. The molecule has 1 aromatic heterocycles. The molecule has 24 heavy (non-hydrogen) atoms. The van der Waals surface area contributed by atoms with Crippen molar-refractivity contribution in [3.8, 4) is 11.8 Å². The monoisotopic (exact) mass is 333 g/mol. The smallest absolute Gasteiger partial charge is 0.290 e. The predicted octanol–water partition coefficient (Wildman–Crippen LogP) is 0.0799. The largest absolute Gasteiger partial charge is 0.443 e. The maximum Gasteiger partial charge on any atom is 0.290 e. The molecule has 2 amide bonds. The molecule has 0 radical (unpaired) electrons. The number of likely N-dealkylation sites (N-methyl/N-ethyl adjacent to an activating group) is 1. The Hall–Kier alpha value is -2.30. The molecule has 1 aromatic rings. The minimum Gasteiger partial charge on any atom is -0.443 e. The molecular weight excluding hydrogens is 310 g/mol. The van der Waals surface area contributed by atoms with E-state index in [4.69, 9.17) is 10.2 Å². The van der Waals surface area contributed by atoms with Gasteiger partial charge in [-0.05, 0) is 45.2 Å². The molecule has 1 aliphatic heterocycles. The fourth-order valence-corrected chi connectivity index (χ4v) is 2.51. The van der Waals surface area contributed by atoms with Gasteiger partial charge < -0.3 is 25.5 Å². The molecule has 0 aromatic carbocycles. The van der Waals surface area contributed by atoms with Crippen molar-refractivity contribution >= 4 is 11.8 Å². The van der Waals surface area contributed by atoms with Crippen molar-refractivity contribution in [2.75, 3.05) is 13.1 Å². The summed E-state index contributed by atoms with van der Waals surface area (Å²) in [5.74, 6) is 5.05. The van der Waals surface area contributed by atoms with Crippen molar-refractivity contribution in [1.29, 1.82) is 0 Å². The minimum atomic E-state index is -1.15. The number of carbonyl (C=O) groups is 2. The lowest BCUT2D eigenvalue weighted by atomic mass is 10.1. The second-order valence-corrected chi connectivity index (χ2v) is 6.34. The van der Waals surface area contributed by atoms with E-state index in [2.05, 4.69) is 17.2 Å². The van der Waals surface area contributed by atoms with Crippen LogP contribution in [0.4, 0.5) is 0 Å². The Morgan fingerprint density at radius 1 is 1.50 bits per heavy atom. The maximum atomic E-state index is 12.6. The molecular formula is C17H23N3O4. The van der Waals surface area contributed by atoms with Gasteiger partial charge in [0, 0.05) is 19.1 Å². The average Bonchev–Trinajstić information content (AvgIpc) is 3.10. The molecule has 2 heterocycles. The van der Waals surface area contributed by atoms with Crippen molar-refractivity contribution in [2.45, 2.75) is 44.9 Å². The Balaban J connectivity index is 2.16. The number of nitrogens with one attached hydrogen (secondary N) is 1. The van der Waals surface area contributed by atoms with Crippen LogP contribution in [0.5, 0.6) is 0 Å². The third-order valence-corrected chi connectivity index (χ3v) is 3.56. The van der Waals surface area contributed by atoms with Crippen LogP contribution in [0.1, 0.15) is 43.5 Å². The number of nitrogens with zero attached hydrogens (tertiary/aromatic N) is 1. The standard InChI is InChI=1S/C17H23N3O4/c1-4-19-15(21)13-9-11(18)10-20(13)16(22)14-6-5-12(24-14)7-8-17(2,3)23/h5-6,11,13,23H,4,9-10,18H2,1-3H3,(H,19,21)/t11-,13+/m1/s1. The van der Waals surface area contributed by atoms with Gasteiger partial charge in [0.05, 0.1) is 0 Å². The molecule has 0 unspecified atom stereocenters. The van der Waals surface area contributed by atoms with E-state index in [0.29, 0.717) is 19.5 Å². The molecule has 0 saturated carbocycles. The normalized spacial score (nSPS) is 20.5. The van der Waals surface area contributed by atoms with E-state index < -0.39 is 17.6 Å². The summed E-state index contributed by atoms with van der Waals surface area (Å²) in [6, 6.07) is 2.23. The molecule has 1 aliphatic rings. The Kier molecular flexibility index (Phi) is 5.32. The zero-order valence-corrected chi connectivity index (χ0v) is 14.1. The third kappa shape index (κ3) is 4.37. The molecule has 7 heteroatoms. The SMILES string of the molecule is CCNC(=O)[C@@H]1C[C@@H](N)CN1C(=O)c1ccc(C#CC(C)(C)O)o1. The molecule has 130 valence electrons. The van der Waals surface area contributed by atoms with E-state index in [-0.39, 0.29) is 23.5 Å². The third-order valence-electron chi connectivity index (χ3n) is 3.56. The zero-order valence-electron chi connectivity index (χ0n) is 14.1. The van der Waals surface area contributed by atoms with E-state index in [0.717, 1.165) is 0 Å². The number of hydrogen-bond acceptors (Lipinski definition) is 5. The summed E-state index contributed by atoms with van der Waals surface area (Å²) in [5.41, 5.74) is 4.76. The summed E-state index contributed by atoms with van der Waals surface area (Å²) in [4.78, 5) is 26.2. The van der Waals surface area contributed by atoms with Crippen molar-refractivity contribution in [2.24, 2.45) is 5.73 Å². The zero-order chi connectivity index (χ0) is 17.9. The number of amides is 2. The first-order chi connectivity index (χ1) is 11.2. The van der Waals surface area contributed by atoms with Gasteiger partial charge in [0.1, 0.15) is 11.6 Å². The molecule has 0 aliphatic carbocycles. The average molecular weight is 333 g/mol. The highest BCUT2D eigenvalue weighted by Gasteiger charge is 2.39. The van der Waals surface area contributed by atoms with Crippen LogP contribution in [-0.4, -0.2) is 52.6 Å². The summed E-state index contributed by atoms with van der Waals surface area (Å²) in [6.45, 7) is 5.71. The van der Waals surface area contributed by atoms with E-state index >= 15 is 0 Å². The number of aliphatic hydroxyl groups is 1. The summed E-state index contributed by atoms with van der Waals surface area (Å²) >= 11 is 0. The van der Waals surface area contributed by atoms with E-state index in [1.165, 1.54) is 11.0 Å². The first-order valence-corrected chi connectivity index (χ1v) is 7.91. The van der Waals surface area contributed by atoms with E-state index in [9.17, 15) is 14.7 Å². The van der Waals surface area contributed by atoms with E-state index in [1.54, 1.807) is 19.9 Å². The van der Waals surface area contributed by atoms with Gasteiger partial charge in [-0.25, -0.2) is 0 Å². The van der Waals surface area contributed by atoms with Crippen LogP contribution >= 0.6 is 0 Å². The highest BCUT2D eigenvalue weighted by Crippen LogP contribution is 2.21. The van der Waals surface area contributed by atoms with Crippen LogP contribution < -0.4 is 11.1 Å². The lowest BCUT2D eigenvalue weighted by molar-refractivity contribution is -0.124. The van der Waals surface area contributed by atoms with Crippen LogP contribution in [0.15, 0.2) is 16.5 Å². The predicted molar refractivity (Wildman–Crippen MR) is 88.0 cm³/mol. The molecule has 4 N–H and O–H groups in total. The van der Waals surface area contributed by atoms with Crippen LogP contribution in [0.2, 0.25) is 0 Å². The number of hydrogen-bond donors (Lipinski definition) is 3. The number of rotatable bonds is 3. The van der Waals surface area contributed by atoms with Gasteiger partial charge in [0.15, 0.2) is 11.5 Å². The van der Waals surface area contributed by atoms with Crippen molar-refractivity contribution in [1.82, 2.24) is 10.2 Å². The molecule has 1 saturated heterocycles.